The van der Waals surface area contributed by atoms with Gasteiger partial charge in [-0.2, -0.15) is 0 Å². The first-order valence-electron chi connectivity index (χ1n) is 3.75. The van der Waals surface area contributed by atoms with Crippen LogP contribution in [0.25, 0.3) is 0 Å². The Morgan fingerprint density at radius 2 is 2.21 bits per heavy atom. The van der Waals surface area contributed by atoms with E-state index in [9.17, 15) is 4.79 Å². The predicted octanol–water partition coefficient (Wildman–Crippen LogP) is 3.42. The van der Waals surface area contributed by atoms with Crippen LogP contribution >= 0.6 is 39.1 Å². The number of carbonyl (C=O) groups excluding carboxylic acids is 1. The molecule has 0 N–H and O–H groups in total. The molecule has 0 fully saturated rings. The van der Waals surface area contributed by atoms with Crippen LogP contribution in [0, 0.1) is 0 Å². The van der Waals surface area contributed by atoms with E-state index in [4.69, 9.17) is 27.9 Å². The van der Waals surface area contributed by atoms with E-state index in [1.165, 1.54) is 7.11 Å². The highest BCUT2D eigenvalue weighted by molar-refractivity contribution is 9.10. The van der Waals surface area contributed by atoms with E-state index >= 15 is 0 Å². The number of ether oxygens (including phenoxy) is 1. The maximum Gasteiger partial charge on any atom is 0.226 e. The summed E-state index contributed by atoms with van der Waals surface area (Å²) in [5.41, 5.74) is 0.756. The van der Waals surface area contributed by atoms with Crippen molar-refractivity contribution >= 4 is 44.4 Å². The molecular weight excluding hydrogens is 291 g/mol. The first-order chi connectivity index (χ1) is 6.54. The highest BCUT2D eigenvalue weighted by Crippen LogP contribution is 2.31. The maximum atomic E-state index is 10.7. The second kappa shape index (κ2) is 5.01. The summed E-state index contributed by atoms with van der Waals surface area (Å²) in [6.07, 6.45) is 0.148. The van der Waals surface area contributed by atoms with E-state index in [0.29, 0.717) is 10.8 Å². The van der Waals surface area contributed by atoms with Gasteiger partial charge in [0.25, 0.3) is 0 Å². The summed E-state index contributed by atoms with van der Waals surface area (Å²) in [5.74, 6) is 0.530. The Kier molecular flexibility index (Phi) is 4.23. The van der Waals surface area contributed by atoms with E-state index < -0.39 is 5.24 Å². The van der Waals surface area contributed by atoms with Gasteiger partial charge in [0.15, 0.2) is 0 Å². The fraction of sp³-hybridized carbons (Fsp3) is 0.222. The SMILES string of the molecule is COc1cc(CC(=O)Cl)c(Br)cc1Cl. The van der Waals surface area contributed by atoms with Gasteiger partial charge < -0.3 is 4.74 Å². The molecule has 14 heavy (non-hydrogen) atoms. The second-order valence-electron chi connectivity index (χ2n) is 2.61. The van der Waals surface area contributed by atoms with Gasteiger partial charge in [0.1, 0.15) is 5.75 Å². The Hall–Kier alpha value is -0.250. The Bertz CT molecular complexity index is 366. The normalized spacial score (nSPS) is 10.0. The van der Waals surface area contributed by atoms with Crippen LogP contribution in [0.3, 0.4) is 0 Å². The van der Waals surface area contributed by atoms with Crippen LogP contribution in [0.1, 0.15) is 5.56 Å². The quantitative estimate of drug-likeness (QED) is 0.799. The van der Waals surface area contributed by atoms with Gasteiger partial charge in [-0.05, 0) is 29.3 Å². The molecule has 0 amide bonds. The van der Waals surface area contributed by atoms with Crippen molar-refractivity contribution in [2.45, 2.75) is 6.42 Å². The fourth-order valence-electron chi connectivity index (χ4n) is 1.01. The lowest BCUT2D eigenvalue weighted by atomic mass is 10.1. The number of methoxy groups -OCH3 is 1. The molecule has 0 aliphatic heterocycles. The van der Waals surface area contributed by atoms with Crippen LogP contribution in [-0.2, 0) is 11.2 Å². The summed E-state index contributed by atoms with van der Waals surface area (Å²) in [5, 5.41) is 0.0696. The molecule has 1 aromatic carbocycles. The highest BCUT2D eigenvalue weighted by Gasteiger charge is 2.09. The van der Waals surface area contributed by atoms with Crippen LogP contribution in [0.4, 0.5) is 0 Å². The zero-order valence-corrected chi connectivity index (χ0v) is 10.4. The molecule has 0 saturated heterocycles. The van der Waals surface area contributed by atoms with Gasteiger partial charge >= 0.3 is 0 Å². The molecule has 0 aromatic heterocycles. The molecule has 0 bridgehead atoms. The molecule has 0 radical (unpaired) electrons. The predicted molar refractivity (Wildman–Crippen MR) is 60.3 cm³/mol. The van der Waals surface area contributed by atoms with E-state index in [2.05, 4.69) is 15.9 Å². The molecule has 0 unspecified atom stereocenters. The maximum absolute atomic E-state index is 10.7. The number of hydrogen-bond donors (Lipinski definition) is 0. The molecule has 5 heteroatoms. The Morgan fingerprint density at radius 3 is 2.71 bits per heavy atom. The van der Waals surface area contributed by atoms with Gasteiger partial charge in [0.05, 0.1) is 12.1 Å². The van der Waals surface area contributed by atoms with Crippen molar-refractivity contribution in [3.8, 4) is 5.75 Å². The average Bonchev–Trinajstić information content (AvgIpc) is 2.09. The molecule has 76 valence electrons. The Labute approximate surface area is 100 Å². The van der Waals surface area contributed by atoms with Gasteiger partial charge in [-0.25, -0.2) is 0 Å². The van der Waals surface area contributed by atoms with Crippen molar-refractivity contribution < 1.29 is 9.53 Å². The van der Waals surface area contributed by atoms with Gasteiger partial charge in [-0.3, -0.25) is 4.79 Å². The largest absolute Gasteiger partial charge is 0.495 e. The third kappa shape index (κ3) is 2.87. The van der Waals surface area contributed by atoms with Crippen molar-refractivity contribution in [2.24, 2.45) is 0 Å². The van der Waals surface area contributed by atoms with Crippen LogP contribution in [0.5, 0.6) is 5.75 Å². The smallest absolute Gasteiger partial charge is 0.226 e. The lowest BCUT2D eigenvalue weighted by molar-refractivity contribution is -0.111. The molecule has 0 spiro atoms. The van der Waals surface area contributed by atoms with Crippen LogP contribution in [-0.4, -0.2) is 12.4 Å². The first-order valence-corrected chi connectivity index (χ1v) is 5.29. The van der Waals surface area contributed by atoms with Crippen molar-refractivity contribution in [1.29, 1.82) is 0 Å². The minimum Gasteiger partial charge on any atom is -0.495 e. The van der Waals surface area contributed by atoms with Crippen LogP contribution in [0.15, 0.2) is 16.6 Å². The molecule has 1 aromatic rings. The summed E-state index contributed by atoms with van der Waals surface area (Å²) in [4.78, 5) is 10.7. The van der Waals surface area contributed by atoms with Crippen molar-refractivity contribution in [2.75, 3.05) is 7.11 Å². The summed E-state index contributed by atoms with van der Waals surface area (Å²) >= 11 is 14.4. The van der Waals surface area contributed by atoms with Crippen LogP contribution in [0.2, 0.25) is 5.02 Å². The Morgan fingerprint density at radius 1 is 1.57 bits per heavy atom. The summed E-state index contributed by atoms with van der Waals surface area (Å²) < 4.78 is 5.76. The fourth-order valence-corrected chi connectivity index (χ4v) is 2.01. The molecule has 0 heterocycles. The number of hydrogen-bond acceptors (Lipinski definition) is 2. The number of halogens is 3. The zero-order chi connectivity index (χ0) is 10.7. The number of benzene rings is 1. The summed E-state index contributed by atoms with van der Waals surface area (Å²) in [7, 11) is 1.52. The molecule has 2 nitrogen and oxygen atoms in total. The molecule has 1 rings (SSSR count). The van der Waals surface area contributed by atoms with E-state index in [1.54, 1.807) is 12.1 Å². The van der Waals surface area contributed by atoms with Gasteiger partial charge in [-0.15, -0.1) is 0 Å². The van der Waals surface area contributed by atoms with Crippen molar-refractivity contribution in [3.63, 3.8) is 0 Å². The molecule has 0 aliphatic carbocycles. The van der Waals surface area contributed by atoms with E-state index in [1.807, 2.05) is 0 Å². The standard InChI is InChI=1S/C9H7BrCl2O2/c1-14-8-2-5(3-9(12)13)6(10)4-7(8)11/h2,4H,3H2,1H3. The minimum atomic E-state index is -0.421. The topological polar surface area (TPSA) is 26.3 Å². The van der Waals surface area contributed by atoms with Crippen LogP contribution < -0.4 is 4.74 Å². The molecule has 0 atom stereocenters. The lowest BCUT2D eigenvalue weighted by Crippen LogP contribution is -1.96. The third-order valence-electron chi connectivity index (χ3n) is 1.65. The third-order valence-corrected chi connectivity index (χ3v) is 2.82. The second-order valence-corrected chi connectivity index (χ2v) is 4.29. The zero-order valence-electron chi connectivity index (χ0n) is 7.31. The van der Waals surface area contributed by atoms with Crippen molar-refractivity contribution in [3.05, 3.63) is 27.2 Å². The number of rotatable bonds is 3. The first kappa shape index (κ1) is 11.8. The molecule has 0 aliphatic rings. The molecular formula is C9H7BrCl2O2. The molecule has 0 saturated carbocycles. The van der Waals surface area contributed by atoms with Crippen molar-refractivity contribution in [1.82, 2.24) is 0 Å². The summed E-state index contributed by atoms with van der Waals surface area (Å²) in [6.45, 7) is 0. The van der Waals surface area contributed by atoms with E-state index in [0.717, 1.165) is 10.0 Å². The summed E-state index contributed by atoms with van der Waals surface area (Å²) in [6, 6.07) is 3.36. The average molecular weight is 298 g/mol. The van der Waals surface area contributed by atoms with Gasteiger partial charge in [-0.1, -0.05) is 27.5 Å². The lowest BCUT2D eigenvalue weighted by Gasteiger charge is -2.07. The van der Waals surface area contributed by atoms with Gasteiger partial charge in [0.2, 0.25) is 5.24 Å². The number of carbonyl (C=O) groups is 1. The van der Waals surface area contributed by atoms with E-state index in [-0.39, 0.29) is 6.42 Å². The minimum absolute atomic E-state index is 0.148. The van der Waals surface area contributed by atoms with Gasteiger partial charge in [0, 0.05) is 10.9 Å². The Balaban J connectivity index is 3.10. The monoisotopic (exact) mass is 296 g/mol. The highest BCUT2D eigenvalue weighted by atomic mass is 79.9.